The van der Waals surface area contributed by atoms with Gasteiger partial charge in [0.05, 0.1) is 0 Å². The van der Waals surface area contributed by atoms with Crippen molar-refractivity contribution in [3.63, 3.8) is 0 Å². The highest BCUT2D eigenvalue weighted by molar-refractivity contribution is 5.77. The molecule has 0 atom stereocenters. The minimum absolute atomic E-state index is 0.419. The number of fused-ring (bicyclic) bond motifs is 1. The lowest BCUT2D eigenvalue weighted by Crippen LogP contribution is -2.31. The average Bonchev–Trinajstić information content (AvgIpc) is 3.05. The molecule has 7 heteroatoms. The maximum absolute atomic E-state index is 4.78. The Kier molecular flexibility index (Phi) is 3.76. The molecular weight excluding hydrogens is 304 g/mol. The van der Waals surface area contributed by atoms with Crippen LogP contribution in [0, 0.1) is 13.8 Å². The standard InChI is InChI=1S/C17H20N6O/c1-11-6-7-13(10-12(11)2)18-16-17(23-8-4-3-5-9-23)20-15-14(19-16)21-24-22-15/h6-7,10H,3-5,8-9H2,1-2H3,(H,18,19,21). The van der Waals surface area contributed by atoms with Gasteiger partial charge in [-0.05, 0) is 66.7 Å². The molecule has 3 aromatic rings. The first-order chi connectivity index (χ1) is 11.7. The zero-order valence-electron chi connectivity index (χ0n) is 13.9. The van der Waals surface area contributed by atoms with Crippen molar-refractivity contribution in [2.24, 2.45) is 0 Å². The molecule has 24 heavy (non-hydrogen) atoms. The summed E-state index contributed by atoms with van der Waals surface area (Å²) in [7, 11) is 0. The fourth-order valence-electron chi connectivity index (χ4n) is 3.00. The van der Waals surface area contributed by atoms with Gasteiger partial charge in [-0.25, -0.2) is 14.6 Å². The molecule has 1 N–H and O–H groups in total. The van der Waals surface area contributed by atoms with Crippen molar-refractivity contribution in [1.29, 1.82) is 0 Å². The van der Waals surface area contributed by atoms with Gasteiger partial charge in [-0.1, -0.05) is 6.07 Å². The van der Waals surface area contributed by atoms with Crippen LogP contribution in [0.5, 0.6) is 0 Å². The lowest BCUT2D eigenvalue weighted by atomic mass is 10.1. The Bertz CT molecular complexity index is 869. The molecule has 7 nitrogen and oxygen atoms in total. The highest BCUT2D eigenvalue weighted by Gasteiger charge is 2.20. The molecule has 2 aromatic heterocycles. The number of nitrogens with one attached hydrogen (secondary N) is 1. The first-order valence-electron chi connectivity index (χ1n) is 8.30. The van der Waals surface area contributed by atoms with Crippen LogP contribution in [0.1, 0.15) is 30.4 Å². The zero-order chi connectivity index (χ0) is 16.5. The minimum atomic E-state index is 0.419. The lowest BCUT2D eigenvalue weighted by Gasteiger charge is -2.28. The van der Waals surface area contributed by atoms with Crippen LogP contribution in [0.3, 0.4) is 0 Å². The molecule has 0 bridgehead atoms. The van der Waals surface area contributed by atoms with E-state index in [-0.39, 0.29) is 0 Å². The Morgan fingerprint density at radius 2 is 1.71 bits per heavy atom. The van der Waals surface area contributed by atoms with Gasteiger partial charge in [0.25, 0.3) is 0 Å². The number of aromatic nitrogens is 4. The summed E-state index contributed by atoms with van der Waals surface area (Å²) in [5.74, 6) is 1.51. The predicted octanol–water partition coefficient (Wildman–Crippen LogP) is 3.36. The maximum Gasteiger partial charge on any atom is 0.245 e. The van der Waals surface area contributed by atoms with E-state index in [1.54, 1.807) is 0 Å². The van der Waals surface area contributed by atoms with Gasteiger partial charge in [0.15, 0.2) is 11.6 Å². The second-order valence-electron chi connectivity index (χ2n) is 6.28. The van der Waals surface area contributed by atoms with E-state index in [4.69, 9.17) is 4.63 Å². The maximum atomic E-state index is 4.78. The first-order valence-corrected chi connectivity index (χ1v) is 8.30. The van der Waals surface area contributed by atoms with Crippen LogP contribution < -0.4 is 10.2 Å². The Balaban J connectivity index is 1.75. The van der Waals surface area contributed by atoms with Gasteiger partial charge < -0.3 is 10.2 Å². The number of rotatable bonds is 3. The molecule has 1 aliphatic heterocycles. The summed E-state index contributed by atoms with van der Waals surface area (Å²) in [5.41, 5.74) is 4.35. The minimum Gasteiger partial charge on any atom is -0.353 e. The number of aryl methyl sites for hydroxylation is 2. The molecule has 3 heterocycles. The van der Waals surface area contributed by atoms with Gasteiger partial charge in [-0.2, -0.15) is 0 Å². The molecule has 0 radical (unpaired) electrons. The molecule has 124 valence electrons. The molecular formula is C17H20N6O. The van der Waals surface area contributed by atoms with Crippen LogP contribution in [0.2, 0.25) is 0 Å². The number of benzene rings is 1. The fourth-order valence-corrected chi connectivity index (χ4v) is 3.00. The molecule has 1 fully saturated rings. The van der Waals surface area contributed by atoms with E-state index in [2.05, 4.69) is 62.5 Å². The largest absolute Gasteiger partial charge is 0.353 e. The Hall–Kier alpha value is -2.70. The topological polar surface area (TPSA) is 80.0 Å². The zero-order valence-corrected chi connectivity index (χ0v) is 13.9. The Labute approximate surface area is 140 Å². The van der Waals surface area contributed by atoms with Crippen molar-refractivity contribution in [3.8, 4) is 0 Å². The van der Waals surface area contributed by atoms with Gasteiger partial charge in [-0.3, -0.25) is 0 Å². The van der Waals surface area contributed by atoms with Crippen molar-refractivity contribution in [2.75, 3.05) is 23.3 Å². The lowest BCUT2D eigenvalue weighted by molar-refractivity contribution is 0.314. The third-order valence-electron chi connectivity index (χ3n) is 4.52. The predicted molar refractivity (Wildman–Crippen MR) is 92.7 cm³/mol. The van der Waals surface area contributed by atoms with E-state index >= 15 is 0 Å². The summed E-state index contributed by atoms with van der Waals surface area (Å²) in [6.45, 7) is 6.16. The normalized spacial score (nSPS) is 15.0. The summed E-state index contributed by atoms with van der Waals surface area (Å²) < 4.78 is 4.78. The first kappa shape index (κ1) is 14.9. The van der Waals surface area contributed by atoms with Crippen LogP contribution in [0.15, 0.2) is 22.8 Å². The third-order valence-corrected chi connectivity index (χ3v) is 4.52. The van der Waals surface area contributed by atoms with Crippen LogP contribution in [-0.2, 0) is 0 Å². The second-order valence-corrected chi connectivity index (χ2v) is 6.28. The summed E-state index contributed by atoms with van der Waals surface area (Å²) in [5, 5.41) is 11.0. The van der Waals surface area contributed by atoms with E-state index in [0.29, 0.717) is 17.1 Å². The molecule has 1 aromatic carbocycles. The monoisotopic (exact) mass is 324 g/mol. The van der Waals surface area contributed by atoms with Crippen molar-refractivity contribution in [1.82, 2.24) is 20.3 Å². The average molecular weight is 324 g/mol. The summed E-state index contributed by atoms with van der Waals surface area (Å²) in [4.78, 5) is 11.5. The van der Waals surface area contributed by atoms with Gasteiger partial charge in [0.1, 0.15) is 0 Å². The number of hydrogen-bond acceptors (Lipinski definition) is 7. The SMILES string of the molecule is Cc1ccc(Nc2nc3nonc3nc2N2CCCCC2)cc1C. The second kappa shape index (κ2) is 6.07. The highest BCUT2D eigenvalue weighted by Crippen LogP contribution is 2.29. The number of piperidine rings is 1. The number of nitrogens with zero attached hydrogens (tertiary/aromatic N) is 5. The van der Waals surface area contributed by atoms with Crippen molar-refractivity contribution >= 4 is 28.6 Å². The molecule has 0 spiro atoms. The fraction of sp³-hybridized carbons (Fsp3) is 0.412. The van der Waals surface area contributed by atoms with Crippen LogP contribution >= 0.6 is 0 Å². The van der Waals surface area contributed by atoms with Gasteiger partial charge in [-0.15, -0.1) is 0 Å². The molecule has 1 saturated heterocycles. The molecule has 1 aliphatic rings. The molecule has 0 amide bonds. The van der Waals surface area contributed by atoms with E-state index in [0.717, 1.165) is 24.6 Å². The van der Waals surface area contributed by atoms with Gasteiger partial charge in [0, 0.05) is 18.8 Å². The van der Waals surface area contributed by atoms with Crippen molar-refractivity contribution in [3.05, 3.63) is 29.3 Å². The molecule has 0 saturated carbocycles. The van der Waals surface area contributed by atoms with E-state index in [1.165, 1.54) is 30.4 Å². The Morgan fingerprint density at radius 1 is 0.958 bits per heavy atom. The number of hydrogen-bond donors (Lipinski definition) is 1. The summed E-state index contributed by atoms with van der Waals surface area (Å²) in [6, 6.07) is 6.26. The number of anilines is 3. The Morgan fingerprint density at radius 3 is 2.46 bits per heavy atom. The van der Waals surface area contributed by atoms with Gasteiger partial charge in [0.2, 0.25) is 11.3 Å². The van der Waals surface area contributed by atoms with E-state index < -0.39 is 0 Å². The van der Waals surface area contributed by atoms with Gasteiger partial charge >= 0.3 is 0 Å². The highest BCUT2D eigenvalue weighted by atomic mass is 16.6. The van der Waals surface area contributed by atoms with Crippen LogP contribution in [-0.4, -0.2) is 33.4 Å². The third kappa shape index (κ3) is 2.77. The molecule has 0 aliphatic carbocycles. The summed E-state index contributed by atoms with van der Waals surface area (Å²) in [6.07, 6.45) is 3.59. The molecule has 0 unspecified atom stereocenters. The van der Waals surface area contributed by atoms with Crippen molar-refractivity contribution in [2.45, 2.75) is 33.1 Å². The van der Waals surface area contributed by atoms with E-state index in [9.17, 15) is 0 Å². The van der Waals surface area contributed by atoms with Crippen LogP contribution in [0.4, 0.5) is 17.3 Å². The summed E-state index contributed by atoms with van der Waals surface area (Å²) >= 11 is 0. The smallest absolute Gasteiger partial charge is 0.245 e. The quantitative estimate of drug-likeness (QED) is 0.791. The van der Waals surface area contributed by atoms with Crippen molar-refractivity contribution < 1.29 is 4.63 Å². The molecule has 4 rings (SSSR count). The van der Waals surface area contributed by atoms with E-state index in [1.807, 2.05) is 0 Å². The van der Waals surface area contributed by atoms with Crippen LogP contribution in [0.25, 0.3) is 11.3 Å².